The van der Waals surface area contributed by atoms with Gasteiger partial charge in [-0.05, 0) is 54.2 Å². The number of benzene rings is 2. The molecule has 0 aliphatic carbocycles. The molecule has 0 radical (unpaired) electrons. The zero-order valence-electron chi connectivity index (χ0n) is 16.7. The Balaban J connectivity index is 1.34. The third-order valence-corrected chi connectivity index (χ3v) is 7.02. The minimum absolute atomic E-state index is 0.00790. The van der Waals surface area contributed by atoms with Crippen LogP contribution >= 0.6 is 11.6 Å². The van der Waals surface area contributed by atoms with Gasteiger partial charge in [0.2, 0.25) is 5.95 Å². The quantitative estimate of drug-likeness (QED) is 0.652. The number of halogens is 1. The summed E-state index contributed by atoms with van der Waals surface area (Å²) in [4.78, 5) is 2.33. The van der Waals surface area contributed by atoms with Gasteiger partial charge in [0.25, 0.3) is 0 Å². The Morgan fingerprint density at radius 2 is 1.87 bits per heavy atom. The molecule has 6 nitrogen and oxygen atoms in total. The van der Waals surface area contributed by atoms with Gasteiger partial charge in [0, 0.05) is 30.6 Å². The third-order valence-electron chi connectivity index (χ3n) is 6.79. The van der Waals surface area contributed by atoms with Crippen molar-refractivity contribution in [2.75, 3.05) is 18.0 Å². The van der Waals surface area contributed by atoms with Crippen molar-refractivity contribution >= 4 is 17.5 Å². The highest BCUT2D eigenvalue weighted by atomic mass is 35.5. The van der Waals surface area contributed by atoms with Gasteiger partial charge >= 0.3 is 0 Å². The van der Waals surface area contributed by atoms with E-state index in [0.29, 0.717) is 13.0 Å². The second-order valence-corrected chi connectivity index (χ2v) is 9.06. The summed E-state index contributed by atoms with van der Waals surface area (Å²) in [5, 5.41) is 9.84. The molecule has 0 amide bonds. The van der Waals surface area contributed by atoms with Crippen molar-refractivity contribution in [3.05, 3.63) is 70.0 Å². The number of aromatic nitrogens is 3. The molecule has 154 valence electrons. The SMILES string of the molecule is NC1Cc2cc(Cl)ccc2-n2c(nnc2N2CCC3(CC2)OCc2ccccc23)C1. The second kappa shape index (κ2) is 6.80. The molecule has 1 unspecified atom stereocenters. The monoisotopic (exact) mass is 421 g/mol. The molecular weight excluding hydrogens is 398 g/mol. The molecule has 1 aromatic heterocycles. The van der Waals surface area contributed by atoms with Gasteiger partial charge in [-0.15, -0.1) is 10.2 Å². The van der Waals surface area contributed by atoms with Gasteiger partial charge in [0.05, 0.1) is 17.9 Å². The minimum atomic E-state index is -0.164. The van der Waals surface area contributed by atoms with Crippen molar-refractivity contribution in [3.63, 3.8) is 0 Å². The Bertz CT molecular complexity index is 1120. The van der Waals surface area contributed by atoms with Crippen LogP contribution in [-0.4, -0.2) is 33.9 Å². The molecule has 6 rings (SSSR count). The lowest BCUT2D eigenvalue weighted by Crippen LogP contribution is -2.43. The number of ether oxygens (including phenoxy) is 1. The molecule has 4 heterocycles. The van der Waals surface area contributed by atoms with Gasteiger partial charge in [0.15, 0.2) is 0 Å². The van der Waals surface area contributed by atoms with Crippen LogP contribution in [0.1, 0.15) is 35.4 Å². The zero-order chi connectivity index (χ0) is 20.3. The van der Waals surface area contributed by atoms with Gasteiger partial charge in [0.1, 0.15) is 5.82 Å². The number of hydrogen-bond acceptors (Lipinski definition) is 5. The average molecular weight is 422 g/mol. The van der Waals surface area contributed by atoms with Crippen molar-refractivity contribution in [2.24, 2.45) is 5.73 Å². The summed E-state index contributed by atoms with van der Waals surface area (Å²) >= 11 is 6.27. The molecule has 3 aromatic rings. The normalized spacial score (nSPS) is 21.8. The second-order valence-electron chi connectivity index (χ2n) is 8.62. The van der Waals surface area contributed by atoms with Crippen LogP contribution in [0.4, 0.5) is 5.95 Å². The predicted octanol–water partition coefficient (Wildman–Crippen LogP) is 3.37. The van der Waals surface area contributed by atoms with Crippen LogP contribution in [0.3, 0.4) is 0 Å². The number of rotatable bonds is 1. The van der Waals surface area contributed by atoms with E-state index < -0.39 is 0 Å². The maximum atomic E-state index is 6.37. The van der Waals surface area contributed by atoms with Crippen LogP contribution in [0.5, 0.6) is 0 Å². The number of nitrogens with zero attached hydrogens (tertiary/aromatic N) is 4. The molecule has 1 atom stereocenters. The van der Waals surface area contributed by atoms with Crippen molar-refractivity contribution in [2.45, 2.75) is 43.9 Å². The number of fused-ring (bicyclic) bond motifs is 5. The molecule has 2 N–H and O–H groups in total. The van der Waals surface area contributed by atoms with E-state index >= 15 is 0 Å². The summed E-state index contributed by atoms with van der Waals surface area (Å²) in [5.41, 5.74) is 11.1. The van der Waals surface area contributed by atoms with E-state index in [9.17, 15) is 0 Å². The van der Waals surface area contributed by atoms with Crippen molar-refractivity contribution in [1.82, 2.24) is 14.8 Å². The first kappa shape index (κ1) is 18.4. The summed E-state index contributed by atoms with van der Waals surface area (Å²) in [6.45, 7) is 2.46. The first-order chi connectivity index (χ1) is 14.6. The molecule has 1 spiro atoms. The lowest BCUT2D eigenvalue weighted by Gasteiger charge is -2.39. The summed E-state index contributed by atoms with van der Waals surface area (Å²) < 4.78 is 8.51. The van der Waals surface area contributed by atoms with Gasteiger partial charge in [-0.2, -0.15) is 0 Å². The van der Waals surface area contributed by atoms with Crippen molar-refractivity contribution < 1.29 is 4.74 Å². The van der Waals surface area contributed by atoms with Crippen LogP contribution in [0, 0.1) is 0 Å². The molecule has 3 aliphatic heterocycles. The summed E-state index contributed by atoms with van der Waals surface area (Å²) in [5.74, 6) is 1.81. The molecule has 7 heteroatoms. The Hall–Kier alpha value is -2.41. The zero-order valence-corrected chi connectivity index (χ0v) is 17.5. The smallest absolute Gasteiger partial charge is 0.231 e. The maximum absolute atomic E-state index is 6.37. The highest BCUT2D eigenvalue weighted by molar-refractivity contribution is 6.30. The fraction of sp³-hybridized carbons (Fsp3) is 0.391. The summed E-state index contributed by atoms with van der Waals surface area (Å²) in [6, 6.07) is 14.6. The molecule has 2 aromatic carbocycles. The van der Waals surface area contributed by atoms with E-state index in [4.69, 9.17) is 22.1 Å². The first-order valence-electron chi connectivity index (χ1n) is 10.6. The third kappa shape index (κ3) is 2.78. The van der Waals surface area contributed by atoms with Crippen LogP contribution in [-0.2, 0) is 29.8 Å². The van der Waals surface area contributed by atoms with E-state index in [1.54, 1.807) is 0 Å². The van der Waals surface area contributed by atoms with E-state index in [2.05, 4.69) is 50.0 Å². The van der Waals surface area contributed by atoms with Gasteiger partial charge < -0.3 is 15.4 Å². The summed E-state index contributed by atoms with van der Waals surface area (Å²) in [7, 11) is 0. The molecule has 1 fully saturated rings. The molecule has 30 heavy (non-hydrogen) atoms. The predicted molar refractivity (Wildman–Crippen MR) is 116 cm³/mol. The van der Waals surface area contributed by atoms with Crippen LogP contribution in [0.15, 0.2) is 42.5 Å². The van der Waals surface area contributed by atoms with E-state index in [1.807, 2.05) is 12.1 Å². The molecule has 3 aliphatic rings. The van der Waals surface area contributed by atoms with E-state index in [-0.39, 0.29) is 11.6 Å². The maximum Gasteiger partial charge on any atom is 0.231 e. The highest BCUT2D eigenvalue weighted by Gasteiger charge is 2.43. The number of nitrogens with two attached hydrogens (primary N) is 1. The van der Waals surface area contributed by atoms with Crippen LogP contribution < -0.4 is 10.6 Å². The Morgan fingerprint density at radius 1 is 1.03 bits per heavy atom. The van der Waals surface area contributed by atoms with Crippen molar-refractivity contribution in [1.29, 1.82) is 0 Å². The topological polar surface area (TPSA) is 69.2 Å². The molecule has 0 saturated carbocycles. The highest BCUT2D eigenvalue weighted by Crippen LogP contribution is 2.44. The van der Waals surface area contributed by atoms with Gasteiger partial charge in [-0.25, -0.2) is 0 Å². The number of hydrogen-bond donors (Lipinski definition) is 1. The molecule has 1 saturated heterocycles. The van der Waals surface area contributed by atoms with Crippen LogP contribution in [0.2, 0.25) is 5.02 Å². The fourth-order valence-corrected chi connectivity index (χ4v) is 5.48. The van der Waals surface area contributed by atoms with Gasteiger partial charge in [-0.1, -0.05) is 35.9 Å². The van der Waals surface area contributed by atoms with Crippen molar-refractivity contribution in [3.8, 4) is 5.69 Å². The van der Waals surface area contributed by atoms with Crippen LogP contribution in [0.25, 0.3) is 5.69 Å². The first-order valence-corrected chi connectivity index (χ1v) is 11.0. The molecular formula is C23H24ClN5O. The van der Waals surface area contributed by atoms with E-state index in [0.717, 1.165) is 60.4 Å². The largest absolute Gasteiger partial charge is 0.365 e. The lowest BCUT2D eigenvalue weighted by molar-refractivity contribution is -0.0553. The van der Waals surface area contributed by atoms with Gasteiger partial charge in [-0.3, -0.25) is 4.57 Å². The van der Waals surface area contributed by atoms with E-state index in [1.165, 1.54) is 11.1 Å². The average Bonchev–Trinajstić information content (AvgIpc) is 3.28. The molecule has 0 bridgehead atoms. The standard InChI is InChI=1S/C23H24ClN5O/c24-17-5-6-20-16(11-17)12-18(25)13-21-26-27-22(29(20)21)28-9-7-23(8-10-28)19-4-2-1-3-15(19)14-30-23/h1-6,11,18H,7-10,12-14,25H2. The lowest BCUT2D eigenvalue weighted by atomic mass is 9.84. The number of anilines is 1. The fourth-order valence-electron chi connectivity index (χ4n) is 5.28. The minimum Gasteiger partial charge on any atom is -0.365 e. The summed E-state index contributed by atoms with van der Waals surface area (Å²) in [6.07, 6.45) is 3.37. The Kier molecular flexibility index (Phi) is 4.17. The number of piperidine rings is 1. The Labute approximate surface area is 180 Å². The Morgan fingerprint density at radius 3 is 2.73 bits per heavy atom.